The van der Waals surface area contributed by atoms with Crippen molar-refractivity contribution in [2.45, 2.75) is 37.2 Å². The van der Waals surface area contributed by atoms with E-state index in [1.165, 1.54) is 6.08 Å². The van der Waals surface area contributed by atoms with E-state index in [0.29, 0.717) is 35.4 Å². The number of allylic oxidation sites excluding steroid dienone is 2. The summed E-state index contributed by atoms with van der Waals surface area (Å²) in [5, 5.41) is -1.28. The van der Waals surface area contributed by atoms with Gasteiger partial charge in [0.15, 0.2) is 0 Å². The Morgan fingerprint density at radius 2 is 0.977 bits per heavy atom. The predicted octanol–water partition coefficient (Wildman–Crippen LogP) is 9.71. The molecule has 1 atom stereocenters. The fraction of sp³-hybridized carbons (Fsp3) is 0.267. The van der Waals surface area contributed by atoms with Gasteiger partial charge in [0.1, 0.15) is 0 Å². The van der Waals surface area contributed by atoms with Crippen molar-refractivity contribution in [1.29, 1.82) is 0 Å². The summed E-state index contributed by atoms with van der Waals surface area (Å²) in [6.07, 6.45) is -18.3. The monoisotopic (exact) mass is 655 g/mol. The Morgan fingerprint density at radius 1 is 0.591 bits per heavy atom. The first-order chi connectivity index (χ1) is 20.2. The van der Waals surface area contributed by atoms with Crippen LogP contribution in [0.15, 0.2) is 89.8 Å². The van der Waals surface area contributed by atoms with Gasteiger partial charge in [-0.3, -0.25) is 4.90 Å². The van der Waals surface area contributed by atoms with E-state index in [9.17, 15) is 52.7 Å². The van der Waals surface area contributed by atoms with Gasteiger partial charge in [0.2, 0.25) is 0 Å². The molecule has 0 heterocycles. The standard InChI is InChI=1S/C30H22F12NP/c1-43(2)26(17-7-4-3-5-8-17)24-9-6-10-25(24)44(22-13-18(27(31,32)33)11-19(14-22)28(34,35)36)23-15-20(29(37,38)39)12-21(16-23)30(40,41)42/h3-9,11-16,26H,10H2,1-2H3/t26-/m1/s1. The number of nitrogens with zero attached hydrogens (tertiary/aromatic N) is 1. The van der Waals surface area contributed by atoms with Crippen molar-refractivity contribution in [2.75, 3.05) is 14.1 Å². The lowest BCUT2D eigenvalue weighted by Gasteiger charge is -2.31. The molecule has 0 fully saturated rings. The molecule has 0 unspecified atom stereocenters. The summed E-state index contributed by atoms with van der Waals surface area (Å²) in [5.41, 5.74) is -5.98. The lowest BCUT2D eigenvalue weighted by Crippen LogP contribution is -2.25. The zero-order valence-corrected chi connectivity index (χ0v) is 23.6. The number of hydrogen-bond acceptors (Lipinski definition) is 1. The number of halogens is 12. The smallest absolute Gasteiger partial charge is 0.299 e. The highest BCUT2D eigenvalue weighted by Crippen LogP contribution is 2.54. The molecule has 236 valence electrons. The van der Waals surface area contributed by atoms with Crippen LogP contribution in [0.5, 0.6) is 0 Å². The van der Waals surface area contributed by atoms with Gasteiger partial charge in [-0.2, -0.15) is 52.7 Å². The molecule has 3 aromatic carbocycles. The zero-order valence-electron chi connectivity index (χ0n) is 22.7. The second-order valence-electron chi connectivity index (χ2n) is 10.1. The predicted molar refractivity (Wildman–Crippen MR) is 143 cm³/mol. The molecule has 4 rings (SSSR count). The second-order valence-corrected chi connectivity index (χ2v) is 12.4. The maximum absolute atomic E-state index is 13.9. The number of benzene rings is 3. The van der Waals surface area contributed by atoms with Crippen LogP contribution in [0.2, 0.25) is 0 Å². The van der Waals surface area contributed by atoms with Gasteiger partial charge in [0.05, 0.1) is 28.3 Å². The minimum atomic E-state index is -5.30. The van der Waals surface area contributed by atoms with Crippen LogP contribution in [0, 0.1) is 0 Å². The molecule has 0 saturated carbocycles. The molecule has 0 radical (unpaired) electrons. The van der Waals surface area contributed by atoms with E-state index in [1.807, 2.05) is 0 Å². The molecule has 0 amide bonds. The summed E-state index contributed by atoms with van der Waals surface area (Å²) < 4.78 is 166. The topological polar surface area (TPSA) is 3.24 Å². The summed E-state index contributed by atoms with van der Waals surface area (Å²) in [6, 6.07) is 8.95. The zero-order chi connectivity index (χ0) is 32.8. The average Bonchev–Trinajstić information content (AvgIpc) is 3.35. The van der Waals surface area contributed by atoms with E-state index in [2.05, 4.69) is 0 Å². The van der Waals surface area contributed by atoms with Crippen molar-refractivity contribution in [3.05, 3.63) is 118 Å². The van der Waals surface area contributed by atoms with Crippen LogP contribution < -0.4 is 10.6 Å². The molecule has 0 saturated heterocycles. The molecule has 0 bridgehead atoms. The van der Waals surface area contributed by atoms with Gasteiger partial charge in [-0.1, -0.05) is 42.5 Å². The molecular formula is C30H22F12NP. The third-order valence-electron chi connectivity index (χ3n) is 6.80. The van der Waals surface area contributed by atoms with E-state index in [-0.39, 0.29) is 23.9 Å². The van der Waals surface area contributed by atoms with Crippen LogP contribution >= 0.6 is 7.92 Å². The highest BCUT2D eigenvalue weighted by atomic mass is 31.1. The van der Waals surface area contributed by atoms with E-state index < -0.39 is 71.5 Å². The fourth-order valence-electron chi connectivity index (χ4n) is 4.97. The van der Waals surface area contributed by atoms with Crippen molar-refractivity contribution < 1.29 is 52.7 Å². The van der Waals surface area contributed by atoms with Gasteiger partial charge in [0.25, 0.3) is 0 Å². The molecular weight excluding hydrogens is 633 g/mol. The van der Waals surface area contributed by atoms with Gasteiger partial charge >= 0.3 is 24.7 Å². The molecule has 0 aliphatic heterocycles. The molecule has 44 heavy (non-hydrogen) atoms. The number of hydrogen-bond donors (Lipinski definition) is 0. The molecule has 1 aliphatic rings. The lowest BCUT2D eigenvalue weighted by molar-refractivity contribution is -0.144. The maximum Gasteiger partial charge on any atom is 0.416 e. The molecule has 14 heteroatoms. The summed E-state index contributed by atoms with van der Waals surface area (Å²) >= 11 is 0. The minimum Gasteiger partial charge on any atom is -0.299 e. The first kappa shape index (κ1) is 33.6. The van der Waals surface area contributed by atoms with Crippen molar-refractivity contribution in [2.24, 2.45) is 0 Å². The van der Waals surface area contributed by atoms with E-state index in [0.717, 1.165) is 0 Å². The van der Waals surface area contributed by atoms with Gasteiger partial charge < -0.3 is 0 Å². The number of likely N-dealkylation sites (N-methyl/N-ethyl adjacent to an activating group) is 1. The second kappa shape index (κ2) is 11.9. The normalized spacial score (nSPS) is 15.5. The molecule has 0 spiro atoms. The Kier molecular flexibility index (Phi) is 9.07. The summed E-state index contributed by atoms with van der Waals surface area (Å²) in [5.74, 6) is 0. The molecule has 1 aliphatic carbocycles. The average molecular weight is 655 g/mol. The van der Waals surface area contributed by atoms with Gasteiger partial charge in [-0.15, -0.1) is 0 Å². The van der Waals surface area contributed by atoms with Crippen molar-refractivity contribution in [3.63, 3.8) is 0 Å². The first-order valence-electron chi connectivity index (χ1n) is 12.7. The van der Waals surface area contributed by atoms with Gasteiger partial charge in [0, 0.05) is 0 Å². The Labute approximate surface area is 245 Å². The van der Waals surface area contributed by atoms with Crippen molar-refractivity contribution in [3.8, 4) is 0 Å². The highest BCUT2D eigenvalue weighted by molar-refractivity contribution is 7.76. The Bertz CT molecular complexity index is 1420. The van der Waals surface area contributed by atoms with Crippen LogP contribution in [0.3, 0.4) is 0 Å². The minimum absolute atomic E-state index is 0.113. The Morgan fingerprint density at radius 3 is 1.32 bits per heavy atom. The van der Waals surface area contributed by atoms with E-state index in [1.54, 1.807) is 55.4 Å². The van der Waals surface area contributed by atoms with Crippen molar-refractivity contribution >= 4 is 18.5 Å². The van der Waals surface area contributed by atoms with E-state index in [4.69, 9.17) is 0 Å². The lowest BCUT2D eigenvalue weighted by atomic mass is 9.98. The first-order valence-corrected chi connectivity index (χ1v) is 14.0. The Balaban J connectivity index is 2.13. The van der Waals surface area contributed by atoms with Gasteiger partial charge in [-0.05, 0) is 91.9 Å². The maximum atomic E-state index is 13.9. The Hall–Kier alpha value is -3.31. The number of alkyl halides is 12. The number of rotatable bonds is 6. The van der Waals surface area contributed by atoms with Gasteiger partial charge in [-0.25, -0.2) is 0 Å². The van der Waals surface area contributed by atoms with Crippen LogP contribution in [0.4, 0.5) is 52.7 Å². The fourth-order valence-corrected chi connectivity index (χ4v) is 7.71. The third-order valence-corrected chi connectivity index (χ3v) is 9.33. The molecule has 0 N–H and O–H groups in total. The quantitative estimate of drug-likeness (QED) is 0.189. The third kappa shape index (κ3) is 7.31. The van der Waals surface area contributed by atoms with Crippen LogP contribution in [0.25, 0.3) is 0 Å². The largest absolute Gasteiger partial charge is 0.416 e. The summed E-state index contributed by atoms with van der Waals surface area (Å²) in [6.45, 7) is 0. The summed E-state index contributed by atoms with van der Waals surface area (Å²) in [4.78, 5) is 1.68. The van der Waals surface area contributed by atoms with Crippen LogP contribution in [-0.4, -0.2) is 19.0 Å². The van der Waals surface area contributed by atoms with Crippen LogP contribution in [-0.2, 0) is 24.7 Å². The van der Waals surface area contributed by atoms with E-state index >= 15 is 0 Å². The highest BCUT2D eigenvalue weighted by Gasteiger charge is 2.41. The van der Waals surface area contributed by atoms with Crippen molar-refractivity contribution in [1.82, 2.24) is 4.90 Å². The molecule has 0 aromatic heterocycles. The SMILES string of the molecule is CN(C)[C@@H](C1=C(P(c2cc(C(F)(F)F)cc(C(F)(F)F)c2)c2cc(C(F)(F)F)cc(C(F)(F)F)c2)CC=C1)c1ccccc1. The van der Waals surface area contributed by atoms with Crippen LogP contribution in [0.1, 0.15) is 40.3 Å². The molecule has 1 nitrogen and oxygen atoms in total. The molecule has 3 aromatic rings. The summed E-state index contributed by atoms with van der Waals surface area (Å²) in [7, 11) is 0.466.